The van der Waals surface area contributed by atoms with Gasteiger partial charge in [-0.25, -0.2) is 0 Å². The third kappa shape index (κ3) is 0.976. The van der Waals surface area contributed by atoms with Crippen molar-refractivity contribution in [3.8, 4) is 0 Å². The molecule has 2 aliphatic rings. The van der Waals surface area contributed by atoms with Crippen LogP contribution in [0.3, 0.4) is 0 Å². The minimum atomic E-state index is -0.606. The summed E-state index contributed by atoms with van der Waals surface area (Å²) in [5.41, 5.74) is 2.40. The summed E-state index contributed by atoms with van der Waals surface area (Å²) in [6.07, 6.45) is 2.00. The summed E-state index contributed by atoms with van der Waals surface area (Å²) in [6, 6.07) is 0. The lowest BCUT2D eigenvalue weighted by molar-refractivity contribution is -0.143. The molecule has 2 aliphatic carbocycles. The molecule has 2 nitrogen and oxygen atoms in total. The zero-order chi connectivity index (χ0) is 9.80. The van der Waals surface area contributed by atoms with Gasteiger partial charge in [0.15, 0.2) is 0 Å². The second-order valence-electron chi connectivity index (χ2n) is 4.77. The van der Waals surface area contributed by atoms with Crippen LogP contribution in [0.25, 0.3) is 0 Å². The Labute approximate surface area is 78.6 Å². The lowest BCUT2D eigenvalue weighted by atomic mass is 9.94. The van der Waals surface area contributed by atoms with Crippen molar-refractivity contribution in [2.45, 2.75) is 33.6 Å². The maximum absolute atomic E-state index is 11.0. The van der Waals surface area contributed by atoms with Crippen LogP contribution in [0.2, 0.25) is 0 Å². The first-order valence-corrected chi connectivity index (χ1v) is 4.86. The van der Waals surface area contributed by atoms with Gasteiger partial charge in [0.2, 0.25) is 0 Å². The highest BCUT2D eigenvalue weighted by Crippen LogP contribution is 2.66. The molecule has 0 heterocycles. The molecule has 0 aromatic rings. The predicted octanol–water partition coefficient (Wildman–Crippen LogP) is 2.45. The van der Waals surface area contributed by atoms with Gasteiger partial charge in [0.1, 0.15) is 0 Å². The highest BCUT2D eigenvalue weighted by Gasteiger charge is 2.66. The minimum absolute atomic E-state index is 0.411. The van der Waals surface area contributed by atoms with Gasteiger partial charge in [0.25, 0.3) is 0 Å². The molecule has 13 heavy (non-hydrogen) atoms. The predicted molar refractivity (Wildman–Crippen MR) is 50.3 cm³/mol. The van der Waals surface area contributed by atoms with Crippen LogP contribution in [0.4, 0.5) is 0 Å². The summed E-state index contributed by atoms with van der Waals surface area (Å²) in [5, 5.41) is 9.10. The Bertz CT molecular complexity index is 281. The molecule has 0 spiro atoms. The monoisotopic (exact) mass is 180 g/mol. The van der Waals surface area contributed by atoms with Crippen LogP contribution in [0.1, 0.15) is 33.6 Å². The summed E-state index contributed by atoms with van der Waals surface area (Å²) in [7, 11) is 0. The summed E-state index contributed by atoms with van der Waals surface area (Å²) in [6.45, 7) is 6.16. The second kappa shape index (κ2) is 2.37. The van der Waals surface area contributed by atoms with E-state index >= 15 is 0 Å². The smallest absolute Gasteiger partial charge is 0.309 e. The van der Waals surface area contributed by atoms with Crippen molar-refractivity contribution in [2.24, 2.45) is 17.3 Å². The van der Waals surface area contributed by atoms with Crippen molar-refractivity contribution < 1.29 is 9.90 Å². The number of carboxylic acids is 1. The van der Waals surface area contributed by atoms with E-state index in [0.29, 0.717) is 11.8 Å². The molecular weight excluding hydrogens is 164 g/mol. The van der Waals surface area contributed by atoms with E-state index in [9.17, 15) is 4.79 Å². The molecule has 2 heteroatoms. The molecule has 0 aromatic heterocycles. The average molecular weight is 180 g/mol. The van der Waals surface area contributed by atoms with Crippen LogP contribution in [-0.4, -0.2) is 11.1 Å². The summed E-state index contributed by atoms with van der Waals surface area (Å²) in [5.74, 6) is 0.215. The van der Waals surface area contributed by atoms with Crippen LogP contribution in [0, 0.1) is 17.3 Å². The number of fused-ring (bicyclic) bond motifs is 1. The largest absolute Gasteiger partial charge is 0.481 e. The molecule has 72 valence electrons. The number of carbonyl (C=O) groups is 1. The Balaban J connectivity index is 2.21. The standard InChI is InChI=1S/C11H16O2/c1-6-4-8-9(5-7(6)2)11(8,3)10(12)13/h8-9H,4-5H2,1-3H3,(H,12,13)/t8-,9+,11?. The van der Waals surface area contributed by atoms with E-state index < -0.39 is 11.4 Å². The fourth-order valence-corrected chi connectivity index (χ4v) is 2.73. The molecule has 3 atom stereocenters. The SMILES string of the molecule is CC1=C(C)C[C@H]2[C@@H](C1)C2(C)C(=O)O. The lowest BCUT2D eigenvalue weighted by Crippen LogP contribution is -2.14. The number of allylic oxidation sites excluding steroid dienone is 2. The third-order valence-corrected chi connectivity index (χ3v) is 4.16. The maximum Gasteiger partial charge on any atom is 0.309 e. The Morgan fingerprint density at radius 3 is 2.00 bits per heavy atom. The number of hydrogen-bond donors (Lipinski definition) is 1. The molecule has 1 N–H and O–H groups in total. The van der Waals surface area contributed by atoms with Gasteiger partial charge in [-0.3, -0.25) is 4.79 Å². The van der Waals surface area contributed by atoms with Gasteiger partial charge in [-0.05, 0) is 45.4 Å². The normalized spacial score (nSPS) is 43.0. The van der Waals surface area contributed by atoms with Crippen molar-refractivity contribution in [1.82, 2.24) is 0 Å². The molecule has 0 aromatic carbocycles. The first kappa shape index (κ1) is 8.79. The van der Waals surface area contributed by atoms with Crippen molar-refractivity contribution in [3.05, 3.63) is 11.1 Å². The van der Waals surface area contributed by atoms with E-state index in [1.807, 2.05) is 6.92 Å². The van der Waals surface area contributed by atoms with Crippen molar-refractivity contribution >= 4 is 5.97 Å². The van der Waals surface area contributed by atoms with Crippen LogP contribution in [0.15, 0.2) is 11.1 Å². The molecule has 0 amide bonds. The first-order chi connectivity index (χ1) is 5.98. The second-order valence-corrected chi connectivity index (χ2v) is 4.77. The summed E-state index contributed by atoms with van der Waals surface area (Å²) in [4.78, 5) is 11.0. The van der Waals surface area contributed by atoms with E-state index in [1.54, 1.807) is 0 Å². The van der Waals surface area contributed by atoms with E-state index in [2.05, 4.69) is 13.8 Å². The van der Waals surface area contributed by atoms with E-state index in [0.717, 1.165) is 12.8 Å². The number of hydrogen-bond acceptors (Lipinski definition) is 1. The molecule has 0 aliphatic heterocycles. The van der Waals surface area contributed by atoms with E-state index in [4.69, 9.17) is 5.11 Å². The molecule has 1 unspecified atom stereocenters. The van der Waals surface area contributed by atoms with Gasteiger partial charge >= 0.3 is 5.97 Å². The zero-order valence-corrected chi connectivity index (χ0v) is 8.42. The summed E-state index contributed by atoms with van der Waals surface area (Å²) < 4.78 is 0. The number of carboxylic acid groups (broad SMARTS) is 1. The quantitative estimate of drug-likeness (QED) is 0.629. The van der Waals surface area contributed by atoms with Gasteiger partial charge in [-0.1, -0.05) is 11.1 Å². The third-order valence-electron chi connectivity index (χ3n) is 4.16. The van der Waals surface area contributed by atoms with Gasteiger partial charge in [0, 0.05) is 0 Å². The number of rotatable bonds is 1. The molecule has 0 radical (unpaired) electrons. The van der Waals surface area contributed by atoms with Crippen LogP contribution >= 0.6 is 0 Å². The van der Waals surface area contributed by atoms with Gasteiger partial charge in [-0.2, -0.15) is 0 Å². The van der Waals surface area contributed by atoms with Crippen molar-refractivity contribution in [1.29, 1.82) is 0 Å². The fraction of sp³-hybridized carbons (Fsp3) is 0.727. The lowest BCUT2D eigenvalue weighted by Gasteiger charge is -2.11. The van der Waals surface area contributed by atoms with E-state index in [-0.39, 0.29) is 0 Å². The molecule has 2 rings (SSSR count). The van der Waals surface area contributed by atoms with Crippen LogP contribution < -0.4 is 0 Å². The molecule has 1 saturated carbocycles. The van der Waals surface area contributed by atoms with Crippen molar-refractivity contribution in [3.63, 3.8) is 0 Å². The molecule has 1 fully saturated rings. The van der Waals surface area contributed by atoms with Gasteiger partial charge in [-0.15, -0.1) is 0 Å². The zero-order valence-electron chi connectivity index (χ0n) is 8.42. The Kier molecular flexibility index (Phi) is 1.60. The van der Waals surface area contributed by atoms with E-state index in [1.165, 1.54) is 11.1 Å². The summed E-state index contributed by atoms with van der Waals surface area (Å²) >= 11 is 0. The number of aliphatic carboxylic acids is 1. The average Bonchev–Trinajstić information content (AvgIpc) is 2.60. The highest BCUT2D eigenvalue weighted by atomic mass is 16.4. The maximum atomic E-state index is 11.0. The Morgan fingerprint density at radius 1 is 1.31 bits per heavy atom. The molecular formula is C11H16O2. The topological polar surface area (TPSA) is 37.3 Å². The molecule has 0 saturated heterocycles. The minimum Gasteiger partial charge on any atom is -0.481 e. The van der Waals surface area contributed by atoms with Gasteiger partial charge in [0.05, 0.1) is 5.41 Å². The fourth-order valence-electron chi connectivity index (χ4n) is 2.73. The van der Waals surface area contributed by atoms with Crippen molar-refractivity contribution in [2.75, 3.05) is 0 Å². The van der Waals surface area contributed by atoms with Crippen LogP contribution in [-0.2, 0) is 4.79 Å². The van der Waals surface area contributed by atoms with Gasteiger partial charge < -0.3 is 5.11 Å². The first-order valence-electron chi connectivity index (χ1n) is 4.86. The Morgan fingerprint density at radius 2 is 1.69 bits per heavy atom. The Hall–Kier alpha value is -0.790. The molecule has 0 bridgehead atoms. The highest BCUT2D eigenvalue weighted by molar-refractivity contribution is 5.79. The van der Waals surface area contributed by atoms with Crippen LogP contribution in [0.5, 0.6) is 0 Å².